The average molecular weight is 333 g/mol. The third-order valence-electron chi connectivity index (χ3n) is 4.31. The molecule has 130 valence electrons. The molecule has 0 saturated carbocycles. The number of hydrogen-bond acceptors (Lipinski definition) is 6. The van der Waals surface area contributed by atoms with Crippen LogP contribution < -0.4 is 0 Å². The van der Waals surface area contributed by atoms with Crippen LogP contribution in [0.4, 0.5) is 0 Å². The molecule has 0 aliphatic carbocycles. The Bertz CT molecular complexity index is 723. The summed E-state index contributed by atoms with van der Waals surface area (Å²) in [6.07, 6.45) is 4.98. The molecule has 2 aromatic heterocycles. The zero-order valence-electron chi connectivity index (χ0n) is 14.3. The van der Waals surface area contributed by atoms with Crippen LogP contribution in [0.3, 0.4) is 0 Å². The molecule has 1 saturated heterocycles. The van der Waals surface area contributed by atoms with Crippen LogP contribution >= 0.6 is 0 Å². The van der Waals surface area contributed by atoms with Gasteiger partial charge in [0.1, 0.15) is 5.69 Å². The fourth-order valence-electron chi connectivity index (χ4n) is 3.01. The number of carbonyl (C=O) groups is 1. The molecule has 0 radical (unpaired) electrons. The lowest BCUT2D eigenvalue weighted by Gasteiger charge is -2.38. The molecule has 1 aliphatic rings. The smallest absolute Gasteiger partial charge is 0.274 e. The fraction of sp³-hybridized carbons (Fsp3) is 0.625. The summed E-state index contributed by atoms with van der Waals surface area (Å²) in [5, 5.41) is 14.6. The number of rotatable bonds is 4. The molecule has 0 spiro atoms. The molecule has 24 heavy (non-hydrogen) atoms. The first-order valence-corrected chi connectivity index (χ1v) is 8.21. The number of imidazole rings is 1. The number of hydrogen-bond donors (Lipinski definition) is 1. The Hall–Kier alpha value is -2.22. The van der Waals surface area contributed by atoms with E-state index in [-0.39, 0.29) is 24.9 Å². The first-order valence-electron chi connectivity index (χ1n) is 8.21. The van der Waals surface area contributed by atoms with E-state index in [1.165, 1.54) is 0 Å². The quantitative estimate of drug-likeness (QED) is 0.907. The Kier molecular flexibility index (Phi) is 4.40. The number of β-amino-alcohol motifs (C(OH)–C–C–N with tert-alkyl or cyclic N) is 1. The van der Waals surface area contributed by atoms with Crippen LogP contribution in [0.5, 0.6) is 0 Å². The Labute approximate surface area is 140 Å². The van der Waals surface area contributed by atoms with Crippen LogP contribution in [-0.4, -0.2) is 54.3 Å². The van der Waals surface area contributed by atoms with E-state index in [1.54, 1.807) is 24.3 Å². The van der Waals surface area contributed by atoms with Crippen LogP contribution in [0.1, 0.15) is 54.9 Å². The predicted octanol–water partition coefficient (Wildman–Crippen LogP) is 1.37. The second-order valence-corrected chi connectivity index (χ2v) is 6.77. The van der Waals surface area contributed by atoms with Gasteiger partial charge in [0.2, 0.25) is 5.89 Å². The van der Waals surface area contributed by atoms with E-state index >= 15 is 0 Å². The van der Waals surface area contributed by atoms with Gasteiger partial charge in [-0.25, -0.2) is 4.98 Å². The second kappa shape index (κ2) is 6.35. The topological polar surface area (TPSA) is 97.3 Å². The maximum Gasteiger partial charge on any atom is 0.274 e. The highest BCUT2D eigenvalue weighted by Gasteiger charge is 2.37. The first-order chi connectivity index (χ1) is 11.4. The highest BCUT2D eigenvalue weighted by Crippen LogP contribution is 2.26. The summed E-state index contributed by atoms with van der Waals surface area (Å²) in [5.74, 6) is 0.777. The predicted molar refractivity (Wildman–Crippen MR) is 85.4 cm³/mol. The standard InChI is InChI=1S/C16H23N5O3/c1-11(2)21-8-13(17-10-21)15(22)20-6-4-5-16(23,9-20)7-14-18-12(3)19-24-14/h8,10-11,23H,4-7,9H2,1-3H3. The van der Waals surface area contributed by atoms with E-state index in [1.807, 2.05) is 18.4 Å². The van der Waals surface area contributed by atoms with Gasteiger partial charge in [0.25, 0.3) is 5.91 Å². The van der Waals surface area contributed by atoms with Gasteiger partial charge in [0.15, 0.2) is 5.82 Å². The molecule has 8 nitrogen and oxygen atoms in total. The molecule has 3 heterocycles. The number of amides is 1. The number of carbonyl (C=O) groups excluding carboxylic acids is 1. The van der Waals surface area contributed by atoms with E-state index < -0.39 is 5.60 Å². The second-order valence-electron chi connectivity index (χ2n) is 6.77. The fourth-order valence-corrected chi connectivity index (χ4v) is 3.01. The Morgan fingerprint density at radius 2 is 2.29 bits per heavy atom. The van der Waals surface area contributed by atoms with Crippen molar-refractivity contribution in [3.8, 4) is 0 Å². The molecule has 1 N–H and O–H groups in total. The summed E-state index contributed by atoms with van der Waals surface area (Å²) in [7, 11) is 0. The number of likely N-dealkylation sites (tertiary alicyclic amines) is 1. The van der Waals surface area contributed by atoms with Crippen molar-refractivity contribution in [2.24, 2.45) is 0 Å². The minimum Gasteiger partial charge on any atom is -0.388 e. The van der Waals surface area contributed by atoms with Crippen molar-refractivity contribution in [1.29, 1.82) is 0 Å². The number of aliphatic hydroxyl groups is 1. The SMILES string of the molecule is Cc1noc(CC2(O)CCCN(C(=O)c3cn(C(C)C)cn3)C2)n1. The maximum absolute atomic E-state index is 12.7. The zero-order chi connectivity index (χ0) is 17.3. The molecule has 3 rings (SSSR count). The molecule has 1 aliphatic heterocycles. The van der Waals surface area contributed by atoms with Crippen molar-refractivity contribution in [2.45, 2.75) is 51.7 Å². The number of piperidine rings is 1. The molecular formula is C16H23N5O3. The van der Waals surface area contributed by atoms with Gasteiger partial charge in [0, 0.05) is 18.8 Å². The number of aromatic nitrogens is 4. The van der Waals surface area contributed by atoms with E-state index in [0.29, 0.717) is 30.4 Å². The van der Waals surface area contributed by atoms with Crippen molar-refractivity contribution in [1.82, 2.24) is 24.6 Å². The van der Waals surface area contributed by atoms with Crippen LogP contribution in [-0.2, 0) is 6.42 Å². The summed E-state index contributed by atoms with van der Waals surface area (Å²) < 4.78 is 7.00. The highest BCUT2D eigenvalue weighted by molar-refractivity contribution is 5.92. The van der Waals surface area contributed by atoms with E-state index in [9.17, 15) is 9.90 Å². The van der Waals surface area contributed by atoms with Gasteiger partial charge in [-0.1, -0.05) is 5.16 Å². The van der Waals surface area contributed by atoms with E-state index in [0.717, 1.165) is 6.42 Å². The normalized spacial score (nSPS) is 21.5. The molecule has 1 fully saturated rings. The lowest BCUT2D eigenvalue weighted by atomic mass is 9.89. The van der Waals surface area contributed by atoms with Gasteiger partial charge in [0.05, 0.1) is 24.9 Å². The monoisotopic (exact) mass is 333 g/mol. The first kappa shape index (κ1) is 16.6. The van der Waals surface area contributed by atoms with Gasteiger partial charge < -0.3 is 19.1 Å². The summed E-state index contributed by atoms with van der Waals surface area (Å²) in [5.41, 5.74) is -0.644. The van der Waals surface area contributed by atoms with Crippen LogP contribution in [0, 0.1) is 6.92 Å². The lowest BCUT2D eigenvalue weighted by molar-refractivity contribution is -0.0288. The van der Waals surface area contributed by atoms with Gasteiger partial charge in [-0.15, -0.1) is 0 Å². The molecular weight excluding hydrogens is 310 g/mol. The van der Waals surface area contributed by atoms with Crippen molar-refractivity contribution in [3.63, 3.8) is 0 Å². The number of nitrogens with zero attached hydrogens (tertiary/aromatic N) is 5. The van der Waals surface area contributed by atoms with Gasteiger partial charge in [-0.3, -0.25) is 4.79 Å². The van der Waals surface area contributed by atoms with E-state index in [2.05, 4.69) is 15.1 Å². The molecule has 8 heteroatoms. The van der Waals surface area contributed by atoms with Crippen molar-refractivity contribution in [2.75, 3.05) is 13.1 Å². The Morgan fingerprint density at radius 3 is 2.92 bits per heavy atom. The van der Waals surface area contributed by atoms with Gasteiger partial charge in [-0.2, -0.15) is 4.98 Å². The Morgan fingerprint density at radius 1 is 1.50 bits per heavy atom. The summed E-state index contributed by atoms with van der Waals surface area (Å²) in [6.45, 7) is 6.64. The van der Waals surface area contributed by atoms with Crippen LogP contribution in [0.15, 0.2) is 17.0 Å². The third kappa shape index (κ3) is 3.48. The third-order valence-corrected chi connectivity index (χ3v) is 4.31. The average Bonchev–Trinajstić information content (AvgIpc) is 3.15. The van der Waals surface area contributed by atoms with Crippen molar-refractivity contribution >= 4 is 5.91 Å². The lowest BCUT2D eigenvalue weighted by Crippen LogP contribution is -2.51. The zero-order valence-corrected chi connectivity index (χ0v) is 14.3. The molecule has 0 aromatic carbocycles. The summed E-state index contributed by atoms with van der Waals surface area (Å²) in [6, 6.07) is 0.248. The van der Waals surface area contributed by atoms with Crippen molar-refractivity contribution < 1.29 is 14.4 Å². The molecule has 1 unspecified atom stereocenters. The maximum atomic E-state index is 12.7. The Balaban J connectivity index is 1.70. The molecule has 1 amide bonds. The molecule has 2 aromatic rings. The summed E-state index contributed by atoms with van der Waals surface area (Å²) >= 11 is 0. The van der Waals surface area contributed by atoms with Gasteiger partial charge >= 0.3 is 0 Å². The van der Waals surface area contributed by atoms with Gasteiger partial charge in [-0.05, 0) is 33.6 Å². The van der Waals surface area contributed by atoms with E-state index in [4.69, 9.17) is 4.52 Å². The molecule has 0 bridgehead atoms. The van der Waals surface area contributed by atoms with Crippen LogP contribution in [0.25, 0.3) is 0 Å². The highest BCUT2D eigenvalue weighted by atomic mass is 16.5. The minimum absolute atomic E-state index is 0.158. The molecule has 1 atom stereocenters. The number of aryl methyl sites for hydroxylation is 1. The van der Waals surface area contributed by atoms with Crippen LogP contribution in [0.2, 0.25) is 0 Å². The van der Waals surface area contributed by atoms with Crippen molar-refractivity contribution in [3.05, 3.63) is 29.9 Å². The largest absolute Gasteiger partial charge is 0.388 e. The summed E-state index contributed by atoms with van der Waals surface area (Å²) in [4.78, 5) is 22.7. The minimum atomic E-state index is -1.05.